The van der Waals surface area contributed by atoms with Crippen molar-refractivity contribution < 1.29 is 9.90 Å². The number of carboxylic acids is 1. The number of nitrogens with zero attached hydrogens (tertiary/aromatic N) is 1. The molecule has 1 saturated heterocycles. The van der Waals surface area contributed by atoms with E-state index in [2.05, 4.69) is 10.2 Å². The van der Waals surface area contributed by atoms with Gasteiger partial charge in [0.2, 0.25) is 0 Å². The highest BCUT2D eigenvalue weighted by Crippen LogP contribution is 2.31. The van der Waals surface area contributed by atoms with Gasteiger partial charge in [0.05, 0.1) is 5.92 Å². The molecule has 1 aliphatic carbocycles. The average Bonchev–Trinajstić information content (AvgIpc) is 3.00. The van der Waals surface area contributed by atoms with Crippen molar-refractivity contribution in [1.82, 2.24) is 10.2 Å². The van der Waals surface area contributed by atoms with Crippen LogP contribution in [0.1, 0.15) is 19.3 Å². The minimum absolute atomic E-state index is 0.155. The Labute approximate surface area is 84.3 Å². The minimum Gasteiger partial charge on any atom is -0.481 e. The molecule has 2 aliphatic rings. The van der Waals surface area contributed by atoms with E-state index in [4.69, 9.17) is 5.11 Å². The van der Waals surface area contributed by atoms with Gasteiger partial charge in [-0.2, -0.15) is 0 Å². The number of likely N-dealkylation sites (tertiary alicyclic amines) is 1. The van der Waals surface area contributed by atoms with E-state index >= 15 is 0 Å². The lowest BCUT2D eigenvalue weighted by atomic mass is 9.92. The summed E-state index contributed by atoms with van der Waals surface area (Å²) in [5.41, 5.74) is 0. The first-order valence-electron chi connectivity index (χ1n) is 5.36. The van der Waals surface area contributed by atoms with E-state index in [1.807, 2.05) is 7.05 Å². The fourth-order valence-corrected chi connectivity index (χ4v) is 2.34. The van der Waals surface area contributed by atoms with Crippen molar-refractivity contribution in [3.63, 3.8) is 0 Å². The molecule has 1 aliphatic heterocycles. The van der Waals surface area contributed by atoms with Gasteiger partial charge in [0.15, 0.2) is 0 Å². The third kappa shape index (κ3) is 1.91. The third-order valence-corrected chi connectivity index (χ3v) is 3.40. The number of carbonyl (C=O) groups is 1. The van der Waals surface area contributed by atoms with Gasteiger partial charge in [-0.1, -0.05) is 0 Å². The number of nitrogens with one attached hydrogen (secondary N) is 1. The fourth-order valence-electron chi connectivity index (χ4n) is 2.34. The van der Waals surface area contributed by atoms with Crippen molar-refractivity contribution in [1.29, 1.82) is 0 Å². The second-order valence-electron chi connectivity index (χ2n) is 4.35. The molecule has 4 nitrogen and oxygen atoms in total. The molecule has 0 bridgehead atoms. The lowest BCUT2D eigenvalue weighted by molar-refractivity contribution is -0.144. The van der Waals surface area contributed by atoms with Gasteiger partial charge in [-0.25, -0.2) is 0 Å². The highest BCUT2D eigenvalue weighted by Gasteiger charge is 2.38. The van der Waals surface area contributed by atoms with E-state index in [0.717, 1.165) is 19.5 Å². The number of rotatable bonds is 3. The molecule has 1 heterocycles. The summed E-state index contributed by atoms with van der Waals surface area (Å²) < 4.78 is 0. The van der Waals surface area contributed by atoms with Crippen molar-refractivity contribution in [3.8, 4) is 0 Å². The smallest absolute Gasteiger partial charge is 0.309 e. The largest absolute Gasteiger partial charge is 0.481 e. The molecule has 0 aromatic heterocycles. The van der Waals surface area contributed by atoms with Gasteiger partial charge in [-0.15, -0.1) is 0 Å². The summed E-state index contributed by atoms with van der Waals surface area (Å²) in [4.78, 5) is 13.4. The molecular formula is C10H18N2O2. The monoisotopic (exact) mass is 198 g/mol. The Morgan fingerprint density at radius 3 is 2.64 bits per heavy atom. The van der Waals surface area contributed by atoms with Gasteiger partial charge in [0.25, 0.3) is 0 Å². The summed E-state index contributed by atoms with van der Waals surface area (Å²) in [7, 11) is 1.85. The topological polar surface area (TPSA) is 52.6 Å². The Hall–Kier alpha value is -0.610. The lowest BCUT2D eigenvalue weighted by Crippen LogP contribution is -2.51. The summed E-state index contributed by atoms with van der Waals surface area (Å²) >= 11 is 0. The molecule has 2 rings (SSSR count). The standard InChI is InChI=1S/C10H18N2O2/c1-11-9-4-5-12(7-2-3-7)6-8(9)10(13)14/h7-9,11H,2-6H2,1H3,(H,13,14). The average molecular weight is 198 g/mol. The van der Waals surface area contributed by atoms with Crippen LogP contribution in [0.5, 0.6) is 0 Å². The van der Waals surface area contributed by atoms with Crippen LogP contribution in [0.3, 0.4) is 0 Å². The zero-order valence-electron chi connectivity index (χ0n) is 8.57. The normalized spacial score (nSPS) is 34.4. The zero-order valence-corrected chi connectivity index (χ0v) is 8.57. The summed E-state index contributed by atoms with van der Waals surface area (Å²) in [6.45, 7) is 1.78. The number of hydrogen-bond acceptors (Lipinski definition) is 3. The van der Waals surface area contributed by atoms with Crippen molar-refractivity contribution in [2.75, 3.05) is 20.1 Å². The van der Waals surface area contributed by atoms with Crippen LogP contribution in [-0.4, -0.2) is 48.2 Å². The molecule has 0 aromatic rings. The molecule has 0 spiro atoms. The van der Waals surface area contributed by atoms with Crippen LogP contribution in [0.25, 0.3) is 0 Å². The first-order chi connectivity index (χ1) is 6.72. The molecule has 4 heteroatoms. The van der Waals surface area contributed by atoms with E-state index in [-0.39, 0.29) is 12.0 Å². The highest BCUT2D eigenvalue weighted by atomic mass is 16.4. The second-order valence-corrected chi connectivity index (χ2v) is 4.35. The predicted octanol–water partition coefficient (Wildman–Crippen LogP) is 0.143. The summed E-state index contributed by atoms with van der Waals surface area (Å²) in [6.07, 6.45) is 3.48. The molecule has 80 valence electrons. The Morgan fingerprint density at radius 2 is 2.14 bits per heavy atom. The van der Waals surface area contributed by atoms with Gasteiger partial charge >= 0.3 is 5.97 Å². The Bertz CT molecular complexity index is 228. The van der Waals surface area contributed by atoms with Crippen LogP contribution in [0, 0.1) is 5.92 Å². The van der Waals surface area contributed by atoms with E-state index in [1.165, 1.54) is 12.8 Å². The van der Waals surface area contributed by atoms with Gasteiger partial charge in [0.1, 0.15) is 0 Å². The van der Waals surface area contributed by atoms with Crippen molar-refractivity contribution in [3.05, 3.63) is 0 Å². The molecule has 0 amide bonds. The Kier molecular flexibility index (Phi) is 2.74. The lowest BCUT2D eigenvalue weighted by Gasteiger charge is -2.36. The molecule has 14 heavy (non-hydrogen) atoms. The quantitative estimate of drug-likeness (QED) is 0.677. The predicted molar refractivity (Wildman–Crippen MR) is 53.2 cm³/mol. The third-order valence-electron chi connectivity index (χ3n) is 3.40. The summed E-state index contributed by atoms with van der Waals surface area (Å²) in [6, 6.07) is 0.845. The first-order valence-corrected chi connectivity index (χ1v) is 5.36. The van der Waals surface area contributed by atoms with E-state index in [1.54, 1.807) is 0 Å². The van der Waals surface area contributed by atoms with E-state index < -0.39 is 5.97 Å². The molecule has 0 radical (unpaired) electrons. The van der Waals surface area contributed by atoms with Crippen LogP contribution >= 0.6 is 0 Å². The number of hydrogen-bond donors (Lipinski definition) is 2. The van der Waals surface area contributed by atoms with Crippen molar-refractivity contribution >= 4 is 5.97 Å². The second kappa shape index (κ2) is 3.87. The summed E-state index contributed by atoms with van der Waals surface area (Å²) in [5.74, 6) is -0.885. The van der Waals surface area contributed by atoms with Gasteiger partial charge in [0, 0.05) is 18.6 Å². The van der Waals surface area contributed by atoms with Gasteiger partial charge < -0.3 is 10.4 Å². The molecule has 2 unspecified atom stereocenters. The zero-order chi connectivity index (χ0) is 10.1. The Morgan fingerprint density at radius 1 is 1.43 bits per heavy atom. The molecule has 2 N–H and O–H groups in total. The van der Waals surface area contributed by atoms with Crippen LogP contribution in [0.4, 0.5) is 0 Å². The van der Waals surface area contributed by atoms with Crippen molar-refractivity contribution in [2.45, 2.75) is 31.3 Å². The molecule has 0 aromatic carbocycles. The summed E-state index contributed by atoms with van der Waals surface area (Å²) in [5, 5.41) is 12.2. The van der Waals surface area contributed by atoms with E-state index in [0.29, 0.717) is 6.04 Å². The van der Waals surface area contributed by atoms with Crippen LogP contribution in [0.2, 0.25) is 0 Å². The number of piperidine rings is 1. The maximum Gasteiger partial charge on any atom is 0.309 e. The molecule has 2 atom stereocenters. The highest BCUT2D eigenvalue weighted by molar-refractivity contribution is 5.71. The van der Waals surface area contributed by atoms with Gasteiger partial charge in [-0.05, 0) is 32.9 Å². The van der Waals surface area contributed by atoms with Crippen LogP contribution < -0.4 is 5.32 Å². The number of carboxylic acid groups (broad SMARTS) is 1. The SMILES string of the molecule is CNC1CCN(C2CC2)CC1C(=O)O. The molecular weight excluding hydrogens is 180 g/mol. The fraction of sp³-hybridized carbons (Fsp3) is 0.900. The van der Waals surface area contributed by atoms with Gasteiger partial charge in [-0.3, -0.25) is 9.69 Å². The minimum atomic E-state index is -0.658. The molecule has 2 fully saturated rings. The Balaban J connectivity index is 1.97. The number of aliphatic carboxylic acids is 1. The van der Waals surface area contributed by atoms with Crippen molar-refractivity contribution in [2.24, 2.45) is 5.92 Å². The maximum absolute atomic E-state index is 11.0. The molecule has 1 saturated carbocycles. The maximum atomic E-state index is 11.0. The van der Waals surface area contributed by atoms with Crippen LogP contribution in [0.15, 0.2) is 0 Å². The first kappa shape index (κ1) is 9.93. The van der Waals surface area contributed by atoms with Crippen LogP contribution in [-0.2, 0) is 4.79 Å². The van der Waals surface area contributed by atoms with E-state index in [9.17, 15) is 4.79 Å².